The van der Waals surface area contributed by atoms with Crippen LogP contribution in [0.15, 0.2) is 6.07 Å². The average Bonchev–Trinajstić information content (AvgIpc) is 3.18. The summed E-state index contributed by atoms with van der Waals surface area (Å²) in [6, 6.07) is 1.78. The van der Waals surface area contributed by atoms with Crippen molar-refractivity contribution in [3.63, 3.8) is 0 Å². The SMILES string of the molecule is Cc1cc(C(N)=O)nc2c1CCN(CC1(CO)CC1)C2. The molecular weight excluding hydrogens is 254 g/mol. The fourth-order valence-corrected chi connectivity index (χ4v) is 3.08. The lowest BCUT2D eigenvalue weighted by Gasteiger charge is -2.31. The van der Waals surface area contributed by atoms with Crippen LogP contribution in [0.5, 0.6) is 0 Å². The van der Waals surface area contributed by atoms with Gasteiger partial charge in [-0.2, -0.15) is 0 Å². The molecule has 0 saturated heterocycles. The van der Waals surface area contributed by atoms with E-state index >= 15 is 0 Å². The maximum Gasteiger partial charge on any atom is 0.267 e. The van der Waals surface area contributed by atoms with Crippen molar-refractivity contribution in [1.82, 2.24) is 9.88 Å². The van der Waals surface area contributed by atoms with Gasteiger partial charge in [-0.15, -0.1) is 0 Å². The molecule has 3 N–H and O–H groups in total. The van der Waals surface area contributed by atoms with E-state index in [9.17, 15) is 9.90 Å². The molecule has 0 radical (unpaired) electrons. The van der Waals surface area contributed by atoms with Crippen LogP contribution in [0.2, 0.25) is 0 Å². The monoisotopic (exact) mass is 275 g/mol. The highest BCUT2D eigenvalue weighted by Gasteiger charge is 2.43. The number of aryl methyl sites for hydroxylation is 1. The Hall–Kier alpha value is -1.46. The van der Waals surface area contributed by atoms with Crippen LogP contribution in [0.3, 0.4) is 0 Å². The van der Waals surface area contributed by atoms with Crippen LogP contribution >= 0.6 is 0 Å². The zero-order valence-corrected chi connectivity index (χ0v) is 11.9. The van der Waals surface area contributed by atoms with Crippen LogP contribution in [0, 0.1) is 12.3 Å². The summed E-state index contributed by atoms with van der Waals surface area (Å²) in [5.74, 6) is -0.470. The first-order chi connectivity index (χ1) is 9.53. The van der Waals surface area contributed by atoms with Gasteiger partial charge in [0, 0.05) is 31.7 Å². The molecule has 1 amide bonds. The third-order valence-electron chi connectivity index (χ3n) is 4.59. The molecule has 3 rings (SSSR count). The lowest BCUT2D eigenvalue weighted by molar-refractivity contribution is 0.0994. The van der Waals surface area contributed by atoms with Crippen LogP contribution in [0.4, 0.5) is 0 Å². The predicted molar refractivity (Wildman–Crippen MR) is 75.2 cm³/mol. The normalized spacial score (nSPS) is 20.5. The molecular formula is C15H21N3O2. The van der Waals surface area contributed by atoms with Crippen molar-refractivity contribution in [3.8, 4) is 0 Å². The molecule has 20 heavy (non-hydrogen) atoms. The van der Waals surface area contributed by atoms with Gasteiger partial charge in [-0.05, 0) is 43.4 Å². The number of aromatic nitrogens is 1. The molecule has 1 aliphatic carbocycles. The van der Waals surface area contributed by atoms with Crippen molar-refractivity contribution >= 4 is 5.91 Å². The van der Waals surface area contributed by atoms with E-state index in [2.05, 4.69) is 9.88 Å². The molecule has 0 aromatic carbocycles. The largest absolute Gasteiger partial charge is 0.396 e. The van der Waals surface area contributed by atoms with Gasteiger partial charge in [0.2, 0.25) is 0 Å². The lowest BCUT2D eigenvalue weighted by Crippen LogP contribution is -2.37. The Bertz CT molecular complexity index is 552. The minimum atomic E-state index is -0.470. The number of pyridine rings is 1. The third-order valence-corrected chi connectivity index (χ3v) is 4.59. The van der Waals surface area contributed by atoms with Crippen LogP contribution < -0.4 is 5.73 Å². The second kappa shape index (κ2) is 4.82. The number of carbonyl (C=O) groups is 1. The summed E-state index contributed by atoms with van der Waals surface area (Å²) in [7, 11) is 0. The van der Waals surface area contributed by atoms with Crippen molar-refractivity contribution in [1.29, 1.82) is 0 Å². The number of hydrogen-bond donors (Lipinski definition) is 2. The molecule has 108 valence electrons. The molecule has 1 aliphatic heterocycles. The number of rotatable bonds is 4. The molecule has 0 unspecified atom stereocenters. The molecule has 1 aromatic heterocycles. The number of fused-ring (bicyclic) bond motifs is 1. The summed E-state index contributed by atoms with van der Waals surface area (Å²) in [5, 5.41) is 9.44. The summed E-state index contributed by atoms with van der Waals surface area (Å²) in [4.78, 5) is 18.1. The second-order valence-electron chi connectivity index (χ2n) is 6.23. The van der Waals surface area contributed by atoms with Gasteiger partial charge in [-0.1, -0.05) is 0 Å². The van der Waals surface area contributed by atoms with Gasteiger partial charge < -0.3 is 10.8 Å². The van der Waals surface area contributed by atoms with E-state index in [0.717, 1.165) is 50.2 Å². The minimum Gasteiger partial charge on any atom is -0.396 e. The van der Waals surface area contributed by atoms with Crippen LogP contribution in [0.25, 0.3) is 0 Å². The predicted octanol–water partition coefficient (Wildman–Crippen LogP) is 0.620. The summed E-state index contributed by atoms with van der Waals surface area (Å²) >= 11 is 0. The Morgan fingerprint density at radius 3 is 2.90 bits per heavy atom. The highest BCUT2D eigenvalue weighted by molar-refractivity contribution is 5.91. The van der Waals surface area contributed by atoms with Crippen LogP contribution in [-0.2, 0) is 13.0 Å². The topological polar surface area (TPSA) is 79.5 Å². The number of aliphatic hydroxyl groups is 1. The maximum atomic E-state index is 11.3. The Kier molecular flexibility index (Phi) is 3.26. The third kappa shape index (κ3) is 2.43. The Balaban J connectivity index is 1.81. The first-order valence-electron chi connectivity index (χ1n) is 7.15. The number of primary amides is 1. The first-order valence-corrected chi connectivity index (χ1v) is 7.15. The number of aliphatic hydroxyl groups excluding tert-OH is 1. The molecule has 1 saturated carbocycles. The summed E-state index contributed by atoms with van der Waals surface area (Å²) < 4.78 is 0. The molecule has 2 heterocycles. The van der Waals surface area contributed by atoms with Gasteiger partial charge in [-0.25, -0.2) is 4.98 Å². The molecule has 2 aliphatic rings. The number of nitrogens with zero attached hydrogens (tertiary/aromatic N) is 2. The highest BCUT2D eigenvalue weighted by atomic mass is 16.3. The van der Waals surface area contributed by atoms with Gasteiger partial charge in [0.25, 0.3) is 5.91 Å². The zero-order valence-electron chi connectivity index (χ0n) is 11.9. The molecule has 5 heteroatoms. The summed E-state index contributed by atoms with van der Waals surface area (Å²) in [6.07, 6.45) is 3.18. The molecule has 0 bridgehead atoms. The van der Waals surface area contributed by atoms with Gasteiger partial charge in [-0.3, -0.25) is 9.69 Å². The van der Waals surface area contributed by atoms with Crippen molar-refractivity contribution in [2.24, 2.45) is 11.1 Å². The van der Waals surface area contributed by atoms with E-state index in [1.54, 1.807) is 6.07 Å². The van der Waals surface area contributed by atoms with E-state index < -0.39 is 5.91 Å². The van der Waals surface area contributed by atoms with E-state index in [4.69, 9.17) is 5.73 Å². The van der Waals surface area contributed by atoms with Gasteiger partial charge >= 0.3 is 0 Å². The van der Waals surface area contributed by atoms with Gasteiger partial charge in [0.1, 0.15) is 5.69 Å². The van der Waals surface area contributed by atoms with Crippen LogP contribution in [0.1, 0.15) is 40.2 Å². The molecule has 5 nitrogen and oxygen atoms in total. The maximum absolute atomic E-state index is 11.3. The quantitative estimate of drug-likeness (QED) is 0.844. The van der Waals surface area contributed by atoms with E-state index in [-0.39, 0.29) is 12.0 Å². The van der Waals surface area contributed by atoms with Crippen molar-refractivity contribution < 1.29 is 9.90 Å². The lowest BCUT2D eigenvalue weighted by atomic mass is 9.97. The number of amides is 1. The smallest absolute Gasteiger partial charge is 0.267 e. The average molecular weight is 275 g/mol. The fourth-order valence-electron chi connectivity index (χ4n) is 3.08. The Morgan fingerprint density at radius 2 is 2.30 bits per heavy atom. The van der Waals surface area contributed by atoms with Crippen LogP contribution in [-0.4, -0.2) is 40.6 Å². The van der Waals surface area contributed by atoms with E-state index in [0.29, 0.717) is 5.69 Å². The standard InChI is InChI=1S/C15H21N3O2/c1-10-6-12(14(16)20)17-13-7-18(5-2-11(10)13)8-15(9-19)3-4-15/h6,19H,2-5,7-9H2,1H3,(H2,16,20). The van der Waals surface area contributed by atoms with E-state index in [1.165, 1.54) is 5.56 Å². The van der Waals surface area contributed by atoms with E-state index in [1.807, 2.05) is 6.92 Å². The number of carbonyl (C=O) groups excluding carboxylic acids is 1. The first kappa shape index (κ1) is 13.5. The summed E-state index contributed by atoms with van der Waals surface area (Å²) in [5.41, 5.74) is 9.13. The molecule has 0 spiro atoms. The Morgan fingerprint density at radius 1 is 1.55 bits per heavy atom. The molecule has 0 atom stereocenters. The summed E-state index contributed by atoms with van der Waals surface area (Å²) in [6.45, 7) is 4.94. The van der Waals surface area contributed by atoms with Crippen molar-refractivity contribution in [3.05, 3.63) is 28.6 Å². The van der Waals surface area contributed by atoms with Gasteiger partial charge in [0.05, 0.1) is 5.69 Å². The van der Waals surface area contributed by atoms with Gasteiger partial charge in [0.15, 0.2) is 0 Å². The fraction of sp³-hybridized carbons (Fsp3) is 0.600. The van der Waals surface area contributed by atoms with Crippen molar-refractivity contribution in [2.75, 3.05) is 19.7 Å². The zero-order chi connectivity index (χ0) is 14.3. The highest BCUT2D eigenvalue weighted by Crippen LogP contribution is 2.46. The van der Waals surface area contributed by atoms with Crippen molar-refractivity contribution in [2.45, 2.75) is 32.7 Å². The number of hydrogen-bond acceptors (Lipinski definition) is 4. The molecule has 1 fully saturated rings. The second-order valence-corrected chi connectivity index (χ2v) is 6.23. The minimum absolute atomic E-state index is 0.119. The number of nitrogens with two attached hydrogens (primary N) is 1. The molecule has 1 aromatic rings. The Labute approximate surface area is 118 Å².